The summed E-state index contributed by atoms with van der Waals surface area (Å²) in [7, 11) is 2.13. The molecule has 1 unspecified atom stereocenters. The monoisotopic (exact) mass is 356 g/mol. The van der Waals surface area contributed by atoms with Gasteiger partial charge in [-0.3, -0.25) is 0 Å². The molecule has 0 aliphatic carbocycles. The van der Waals surface area contributed by atoms with E-state index in [-0.39, 0.29) is 5.41 Å². The smallest absolute Gasteiger partial charge is 0.133 e. The van der Waals surface area contributed by atoms with Gasteiger partial charge in [0, 0.05) is 11.0 Å². The first-order valence-corrected chi connectivity index (χ1v) is 9.74. The topological polar surface area (TPSA) is 16.6 Å². The predicted octanol–water partition coefficient (Wildman–Crippen LogP) is 5.91. The van der Waals surface area contributed by atoms with Crippen molar-refractivity contribution in [2.75, 3.05) is 7.05 Å². The third-order valence-corrected chi connectivity index (χ3v) is 5.52. The Labute approximate surface area is 163 Å². The predicted molar refractivity (Wildman–Crippen MR) is 118 cm³/mol. The van der Waals surface area contributed by atoms with Crippen molar-refractivity contribution in [2.45, 2.75) is 32.1 Å². The molecular formula is C26H30N+. The fourth-order valence-electron chi connectivity index (χ4n) is 4.03. The normalized spacial score (nSPS) is 13.7. The lowest BCUT2D eigenvalue weighted by atomic mass is 9.73. The Balaban J connectivity index is 2.05. The minimum Gasteiger partial charge on any atom is -0.316 e. The molecule has 3 aromatic carbocycles. The first-order valence-electron chi connectivity index (χ1n) is 9.74. The van der Waals surface area contributed by atoms with Crippen LogP contribution in [0, 0.1) is 6.92 Å². The molecule has 0 spiro atoms. The summed E-state index contributed by atoms with van der Waals surface area (Å²) in [6.45, 7) is 8.58. The van der Waals surface area contributed by atoms with Gasteiger partial charge in [0.1, 0.15) is 5.69 Å². The maximum absolute atomic E-state index is 4.05. The van der Waals surface area contributed by atoms with Crippen LogP contribution >= 0.6 is 0 Å². The highest BCUT2D eigenvalue weighted by Gasteiger charge is 2.30. The van der Waals surface area contributed by atoms with E-state index in [1.807, 2.05) is 0 Å². The second kappa shape index (κ2) is 8.37. The Bertz CT molecular complexity index is 967. The molecule has 0 radical (unpaired) electrons. The molecule has 1 heteroatoms. The molecule has 0 aliphatic heterocycles. The van der Waals surface area contributed by atoms with Crippen LogP contribution in [0.15, 0.2) is 79.4 Å². The lowest BCUT2D eigenvalue weighted by Gasteiger charge is -2.30. The van der Waals surface area contributed by atoms with E-state index in [0.29, 0.717) is 0 Å². The molecule has 0 aliphatic rings. The SMILES string of the molecule is C=CCC(C)(C/C=C/c1ccccc1C)c1c([NH2+]C)ccc2ccccc12. The Morgan fingerprint density at radius 1 is 0.963 bits per heavy atom. The first kappa shape index (κ1) is 19.1. The van der Waals surface area contributed by atoms with Crippen molar-refractivity contribution in [2.24, 2.45) is 0 Å². The molecule has 1 atom stereocenters. The summed E-state index contributed by atoms with van der Waals surface area (Å²) in [5.41, 5.74) is 5.36. The Hall–Kier alpha value is -2.64. The Morgan fingerprint density at radius 2 is 1.70 bits per heavy atom. The van der Waals surface area contributed by atoms with E-state index in [1.165, 1.54) is 33.2 Å². The van der Waals surface area contributed by atoms with Crippen LogP contribution < -0.4 is 5.32 Å². The van der Waals surface area contributed by atoms with Crippen LogP contribution in [0.5, 0.6) is 0 Å². The van der Waals surface area contributed by atoms with Crippen LogP contribution in [0.3, 0.4) is 0 Å². The molecule has 0 saturated carbocycles. The minimum absolute atomic E-state index is 0.00361. The van der Waals surface area contributed by atoms with Crippen molar-refractivity contribution < 1.29 is 5.32 Å². The lowest BCUT2D eigenvalue weighted by Crippen LogP contribution is -2.73. The molecule has 0 saturated heterocycles. The molecule has 3 rings (SSSR count). The van der Waals surface area contributed by atoms with Crippen LogP contribution in [0.25, 0.3) is 16.8 Å². The fourth-order valence-corrected chi connectivity index (χ4v) is 4.03. The summed E-state index contributed by atoms with van der Waals surface area (Å²) in [6, 6.07) is 21.7. The van der Waals surface area contributed by atoms with Gasteiger partial charge in [0.2, 0.25) is 0 Å². The molecule has 2 N–H and O–H groups in total. The lowest BCUT2D eigenvalue weighted by molar-refractivity contribution is -0.540. The van der Waals surface area contributed by atoms with Crippen molar-refractivity contribution in [1.82, 2.24) is 0 Å². The van der Waals surface area contributed by atoms with Gasteiger partial charge in [0.25, 0.3) is 0 Å². The third-order valence-electron chi connectivity index (χ3n) is 5.52. The zero-order valence-corrected chi connectivity index (χ0v) is 16.7. The van der Waals surface area contributed by atoms with Crippen molar-refractivity contribution in [3.05, 3.63) is 96.1 Å². The maximum Gasteiger partial charge on any atom is 0.133 e. The van der Waals surface area contributed by atoms with Gasteiger partial charge in [-0.15, -0.1) is 6.58 Å². The second-order valence-electron chi connectivity index (χ2n) is 7.56. The molecule has 1 nitrogen and oxygen atoms in total. The number of nitrogens with two attached hydrogens (primary N) is 1. The van der Waals surface area contributed by atoms with Crippen LogP contribution in [0.2, 0.25) is 0 Å². The van der Waals surface area contributed by atoms with E-state index in [9.17, 15) is 0 Å². The van der Waals surface area contributed by atoms with Crippen LogP contribution in [0.1, 0.15) is 36.5 Å². The second-order valence-corrected chi connectivity index (χ2v) is 7.56. The van der Waals surface area contributed by atoms with E-state index < -0.39 is 0 Å². The molecule has 0 bridgehead atoms. The van der Waals surface area contributed by atoms with E-state index in [4.69, 9.17) is 0 Å². The quantitative estimate of drug-likeness (QED) is 0.400. The molecule has 0 fully saturated rings. The van der Waals surface area contributed by atoms with Crippen LogP contribution in [-0.4, -0.2) is 7.05 Å². The maximum atomic E-state index is 4.05. The van der Waals surface area contributed by atoms with Gasteiger partial charge in [0.15, 0.2) is 0 Å². The van der Waals surface area contributed by atoms with Gasteiger partial charge in [0.05, 0.1) is 7.05 Å². The summed E-state index contributed by atoms with van der Waals surface area (Å²) < 4.78 is 0. The van der Waals surface area contributed by atoms with E-state index in [2.05, 4.69) is 112 Å². The van der Waals surface area contributed by atoms with Crippen LogP contribution in [-0.2, 0) is 5.41 Å². The van der Waals surface area contributed by atoms with Gasteiger partial charge in [-0.2, -0.15) is 0 Å². The summed E-state index contributed by atoms with van der Waals surface area (Å²) in [5, 5.41) is 4.88. The van der Waals surface area contributed by atoms with Crippen LogP contribution in [0.4, 0.5) is 5.69 Å². The number of rotatable bonds is 7. The van der Waals surface area contributed by atoms with Gasteiger partial charge < -0.3 is 5.32 Å². The van der Waals surface area contributed by atoms with E-state index >= 15 is 0 Å². The summed E-state index contributed by atoms with van der Waals surface area (Å²) in [6.07, 6.45) is 8.56. The minimum atomic E-state index is 0.00361. The summed E-state index contributed by atoms with van der Waals surface area (Å²) >= 11 is 0. The number of allylic oxidation sites excluding steroid dienone is 2. The zero-order valence-electron chi connectivity index (χ0n) is 16.7. The molecule has 0 amide bonds. The summed E-state index contributed by atoms with van der Waals surface area (Å²) in [5.74, 6) is 0. The summed E-state index contributed by atoms with van der Waals surface area (Å²) in [4.78, 5) is 0. The number of hydrogen-bond acceptors (Lipinski definition) is 0. The Kier molecular flexibility index (Phi) is 5.93. The average molecular weight is 357 g/mol. The Morgan fingerprint density at radius 3 is 2.44 bits per heavy atom. The number of hydrogen-bond donors (Lipinski definition) is 1. The van der Waals surface area contributed by atoms with Gasteiger partial charge in [-0.25, -0.2) is 0 Å². The van der Waals surface area contributed by atoms with Crippen molar-refractivity contribution >= 4 is 22.5 Å². The number of fused-ring (bicyclic) bond motifs is 1. The molecule has 0 heterocycles. The third kappa shape index (κ3) is 4.04. The van der Waals surface area contributed by atoms with Gasteiger partial charge in [-0.1, -0.05) is 73.7 Å². The van der Waals surface area contributed by atoms with Gasteiger partial charge >= 0.3 is 0 Å². The van der Waals surface area contributed by atoms with Crippen molar-refractivity contribution in [1.29, 1.82) is 0 Å². The van der Waals surface area contributed by atoms with E-state index in [1.54, 1.807) is 0 Å². The van der Waals surface area contributed by atoms with E-state index in [0.717, 1.165) is 12.8 Å². The molecule has 27 heavy (non-hydrogen) atoms. The van der Waals surface area contributed by atoms with Gasteiger partial charge in [-0.05, 0) is 53.8 Å². The average Bonchev–Trinajstić information content (AvgIpc) is 2.68. The molecule has 3 aromatic rings. The first-order chi connectivity index (χ1) is 13.1. The number of aryl methyl sites for hydroxylation is 1. The van der Waals surface area contributed by atoms with Crippen molar-refractivity contribution in [3.8, 4) is 0 Å². The largest absolute Gasteiger partial charge is 0.316 e. The zero-order chi connectivity index (χ0) is 19.3. The molecular weight excluding hydrogens is 326 g/mol. The number of quaternary nitrogens is 1. The fraction of sp³-hybridized carbons (Fsp3) is 0.231. The molecule has 0 aromatic heterocycles. The number of benzene rings is 3. The highest BCUT2D eigenvalue weighted by atomic mass is 14.8. The molecule has 138 valence electrons. The highest BCUT2D eigenvalue weighted by molar-refractivity contribution is 5.89. The highest BCUT2D eigenvalue weighted by Crippen LogP contribution is 2.40. The van der Waals surface area contributed by atoms with Crippen molar-refractivity contribution in [3.63, 3.8) is 0 Å². The standard InChI is InChI=1S/C26H29N/c1-5-18-26(3,19-10-14-21-12-7-6-11-20(21)2)25-23-15-9-8-13-22(23)16-17-24(25)27-4/h5-17,27H,1,18-19H2,2-4H3/p+1/b14-10+.